The van der Waals surface area contributed by atoms with Crippen LogP contribution in [0.15, 0.2) is 0 Å². The summed E-state index contributed by atoms with van der Waals surface area (Å²) >= 11 is 0. The highest BCUT2D eigenvalue weighted by atomic mass is 16.2. The third-order valence-electron chi connectivity index (χ3n) is 3.81. The van der Waals surface area contributed by atoms with E-state index >= 15 is 0 Å². The van der Waals surface area contributed by atoms with E-state index in [2.05, 4.69) is 20.9 Å². The molecular formula is C15H29N5O3. The first kappa shape index (κ1) is 19.4. The summed E-state index contributed by atoms with van der Waals surface area (Å²) in [6.45, 7) is 9.78. The first-order valence-corrected chi connectivity index (χ1v) is 8.26. The second-order valence-corrected chi connectivity index (χ2v) is 5.84. The van der Waals surface area contributed by atoms with Crippen LogP contribution < -0.4 is 16.0 Å². The highest BCUT2D eigenvalue weighted by Gasteiger charge is 2.21. The van der Waals surface area contributed by atoms with Gasteiger partial charge in [-0.1, -0.05) is 6.92 Å². The maximum atomic E-state index is 11.8. The zero-order valence-electron chi connectivity index (χ0n) is 14.4. The van der Waals surface area contributed by atoms with Gasteiger partial charge in [0.1, 0.15) is 0 Å². The molecule has 1 atom stereocenters. The van der Waals surface area contributed by atoms with Crippen molar-refractivity contribution >= 4 is 17.8 Å². The van der Waals surface area contributed by atoms with E-state index in [1.165, 1.54) is 0 Å². The maximum Gasteiger partial charge on any atom is 0.321 e. The van der Waals surface area contributed by atoms with Gasteiger partial charge < -0.3 is 10.6 Å². The van der Waals surface area contributed by atoms with Gasteiger partial charge in [-0.15, -0.1) is 0 Å². The summed E-state index contributed by atoms with van der Waals surface area (Å²) in [5.74, 6) is -0.263. The lowest BCUT2D eigenvalue weighted by Crippen LogP contribution is -2.53. The van der Waals surface area contributed by atoms with E-state index in [1.54, 1.807) is 6.92 Å². The van der Waals surface area contributed by atoms with Crippen LogP contribution in [0, 0.1) is 0 Å². The van der Waals surface area contributed by atoms with E-state index in [9.17, 15) is 14.4 Å². The third kappa shape index (κ3) is 7.94. The molecule has 1 heterocycles. The fraction of sp³-hybridized carbons (Fsp3) is 0.800. The third-order valence-corrected chi connectivity index (χ3v) is 3.81. The number of amides is 4. The Hall–Kier alpha value is -1.67. The Morgan fingerprint density at radius 1 is 0.957 bits per heavy atom. The van der Waals surface area contributed by atoms with Gasteiger partial charge in [0.15, 0.2) is 0 Å². The van der Waals surface area contributed by atoms with Gasteiger partial charge in [-0.2, -0.15) is 0 Å². The van der Waals surface area contributed by atoms with Crippen LogP contribution in [0.2, 0.25) is 0 Å². The van der Waals surface area contributed by atoms with Crippen molar-refractivity contribution in [3.05, 3.63) is 0 Å². The average Bonchev–Trinajstić information content (AvgIpc) is 2.49. The van der Waals surface area contributed by atoms with Gasteiger partial charge in [0.05, 0.1) is 13.1 Å². The predicted octanol–water partition coefficient (Wildman–Crippen LogP) is -0.636. The van der Waals surface area contributed by atoms with E-state index in [0.29, 0.717) is 26.2 Å². The lowest BCUT2D eigenvalue weighted by Gasteiger charge is -2.33. The molecule has 0 unspecified atom stereocenters. The van der Waals surface area contributed by atoms with Crippen LogP contribution in [0.1, 0.15) is 27.2 Å². The Balaban J connectivity index is 2.23. The summed E-state index contributed by atoms with van der Waals surface area (Å²) in [6, 6.07) is -0.264. The van der Waals surface area contributed by atoms with E-state index in [0.717, 1.165) is 19.5 Å². The van der Waals surface area contributed by atoms with Gasteiger partial charge in [0.25, 0.3) is 0 Å². The smallest absolute Gasteiger partial charge is 0.321 e. The normalized spacial score (nSPS) is 17.3. The molecule has 1 rings (SSSR count). The molecule has 0 spiro atoms. The van der Waals surface area contributed by atoms with Crippen molar-refractivity contribution < 1.29 is 14.4 Å². The fourth-order valence-electron chi connectivity index (χ4n) is 2.31. The molecule has 23 heavy (non-hydrogen) atoms. The number of carbonyl (C=O) groups is 3. The fourth-order valence-corrected chi connectivity index (χ4v) is 2.31. The molecule has 4 amide bonds. The second-order valence-electron chi connectivity index (χ2n) is 5.84. The van der Waals surface area contributed by atoms with Gasteiger partial charge in [0.2, 0.25) is 11.8 Å². The van der Waals surface area contributed by atoms with Crippen LogP contribution in [-0.2, 0) is 9.59 Å². The van der Waals surface area contributed by atoms with Crippen molar-refractivity contribution in [3.8, 4) is 0 Å². The Kier molecular flexibility index (Phi) is 8.57. The molecule has 1 aliphatic heterocycles. The molecular weight excluding hydrogens is 298 g/mol. The number of rotatable bonds is 7. The van der Waals surface area contributed by atoms with E-state index in [1.807, 2.05) is 18.7 Å². The number of nitrogens with zero attached hydrogens (tertiary/aromatic N) is 2. The maximum absolute atomic E-state index is 11.8. The quantitative estimate of drug-likeness (QED) is 0.579. The van der Waals surface area contributed by atoms with Crippen LogP contribution in [0.3, 0.4) is 0 Å². The molecule has 0 aromatic rings. The zero-order valence-corrected chi connectivity index (χ0v) is 14.4. The van der Waals surface area contributed by atoms with Crippen molar-refractivity contribution in [2.75, 3.05) is 45.8 Å². The molecule has 0 bridgehead atoms. The highest BCUT2D eigenvalue weighted by Crippen LogP contribution is 2.01. The zero-order chi connectivity index (χ0) is 17.2. The minimum absolute atomic E-state index is 0.0433. The highest BCUT2D eigenvalue weighted by molar-refractivity contribution is 5.95. The summed E-state index contributed by atoms with van der Waals surface area (Å²) < 4.78 is 0. The molecule has 1 saturated heterocycles. The Bertz CT molecular complexity index is 408. The van der Waals surface area contributed by atoms with Gasteiger partial charge in [-0.25, -0.2) is 4.79 Å². The van der Waals surface area contributed by atoms with E-state index in [-0.39, 0.29) is 24.4 Å². The summed E-state index contributed by atoms with van der Waals surface area (Å²) in [5, 5.41) is 7.76. The minimum atomic E-state index is -0.460. The molecule has 8 nitrogen and oxygen atoms in total. The Morgan fingerprint density at radius 2 is 1.48 bits per heavy atom. The van der Waals surface area contributed by atoms with E-state index < -0.39 is 6.03 Å². The lowest BCUT2D eigenvalue weighted by atomic mass is 10.2. The molecule has 0 aromatic heterocycles. The molecule has 0 saturated carbocycles. The minimum Gasteiger partial charge on any atom is -0.353 e. The predicted molar refractivity (Wildman–Crippen MR) is 88.0 cm³/mol. The van der Waals surface area contributed by atoms with Crippen molar-refractivity contribution in [3.63, 3.8) is 0 Å². The van der Waals surface area contributed by atoms with Gasteiger partial charge in [-0.05, 0) is 20.3 Å². The van der Waals surface area contributed by atoms with Crippen molar-refractivity contribution in [2.24, 2.45) is 0 Å². The number of hydrogen-bond donors (Lipinski definition) is 3. The topological polar surface area (TPSA) is 93.8 Å². The average molecular weight is 327 g/mol. The van der Waals surface area contributed by atoms with Gasteiger partial charge in [0, 0.05) is 38.8 Å². The van der Waals surface area contributed by atoms with Crippen LogP contribution in [-0.4, -0.2) is 79.5 Å². The number of imide groups is 1. The largest absolute Gasteiger partial charge is 0.353 e. The second kappa shape index (κ2) is 10.2. The first-order valence-electron chi connectivity index (χ1n) is 8.26. The van der Waals surface area contributed by atoms with Crippen molar-refractivity contribution in [1.82, 2.24) is 25.8 Å². The molecule has 1 fully saturated rings. The number of nitrogens with one attached hydrogen (secondary N) is 3. The van der Waals surface area contributed by atoms with Gasteiger partial charge in [-0.3, -0.25) is 24.7 Å². The number of piperazine rings is 1. The van der Waals surface area contributed by atoms with Crippen molar-refractivity contribution in [1.29, 1.82) is 0 Å². The molecule has 1 aliphatic rings. The SMILES string of the molecule is CCNC(=O)NC(=O)CN1CCN(CC(=O)N[C@H](C)CC)CC1. The first-order chi connectivity index (χ1) is 10.9. The summed E-state index contributed by atoms with van der Waals surface area (Å²) in [4.78, 5) is 38.9. The number of urea groups is 1. The van der Waals surface area contributed by atoms with E-state index in [4.69, 9.17) is 0 Å². The summed E-state index contributed by atoms with van der Waals surface area (Å²) in [6.07, 6.45) is 0.917. The molecule has 132 valence electrons. The molecule has 8 heteroatoms. The standard InChI is InChI=1S/C15H29N5O3/c1-4-12(3)17-13(21)10-19-6-8-20(9-7-19)11-14(22)18-15(23)16-5-2/h12H,4-11H2,1-3H3,(H,17,21)(H2,16,18,22,23)/t12-/m1/s1. The molecule has 3 N–H and O–H groups in total. The molecule has 0 aliphatic carbocycles. The Labute approximate surface area is 137 Å². The van der Waals surface area contributed by atoms with Crippen molar-refractivity contribution in [2.45, 2.75) is 33.2 Å². The van der Waals surface area contributed by atoms with Gasteiger partial charge >= 0.3 is 6.03 Å². The number of hydrogen-bond acceptors (Lipinski definition) is 5. The summed E-state index contributed by atoms with van der Waals surface area (Å²) in [5.41, 5.74) is 0. The summed E-state index contributed by atoms with van der Waals surface area (Å²) in [7, 11) is 0. The van der Waals surface area contributed by atoms with Crippen LogP contribution in [0.5, 0.6) is 0 Å². The monoisotopic (exact) mass is 327 g/mol. The van der Waals surface area contributed by atoms with Crippen LogP contribution >= 0.6 is 0 Å². The van der Waals surface area contributed by atoms with Crippen LogP contribution in [0.25, 0.3) is 0 Å². The number of carbonyl (C=O) groups excluding carboxylic acids is 3. The molecule has 0 radical (unpaired) electrons. The lowest BCUT2D eigenvalue weighted by molar-refractivity contribution is -0.125. The van der Waals surface area contributed by atoms with Crippen LogP contribution in [0.4, 0.5) is 4.79 Å². The molecule has 0 aromatic carbocycles. The Morgan fingerprint density at radius 3 is 1.96 bits per heavy atom.